The lowest BCUT2D eigenvalue weighted by atomic mass is 9.89. The van der Waals surface area contributed by atoms with Crippen LogP contribution in [0.1, 0.15) is 31.2 Å². The van der Waals surface area contributed by atoms with E-state index in [1.807, 2.05) is 6.07 Å². The van der Waals surface area contributed by atoms with Crippen molar-refractivity contribution in [2.75, 3.05) is 23.7 Å². The minimum atomic E-state index is -0.175. The smallest absolute Gasteiger partial charge is 0.323 e. The monoisotopic (exact) mass is 456 g/mol. The van der Waals surface area contributed by atoms with Crippen molar-refractivity contribution in [3.63, 3.8) is 0 Å². The molecule has 0 atom stereocenters. The Morgan fingerprint density at radius 2 is 1.82 bits per heavy atom. The average molecular weight is 457 g/mol. The first-order chi connectivity index (χ1) is 16.6. The van der Waals surface area contributed by atoms with Gasteiger partial charge in [-0.15, -0.1) is 0 Å². The molecule has 0 bridgehead atoms. The van der Waals surface area contributed by atoms with E-state index in [1.54, 1.807) is 18.7 Å². The lowest BCUT2D eigenvalue weighted by molar-refractivity contribution is 0.503. The summed E-state index contributed by atoms with van der Waals surface area (Å²) in [5, 5.41) is 0. The van der Waals surface area contributed by atoms with Gasteiger partial charge in [0.25, 0.3) is 0 Å². The summed E-state index contributed by atoms with van der Waals surface area (Å²) in [6, 6.07) is 6.17. The fourth-order valence-electron chi connectivity index (χ4n) is 4.86. The molecule has 1 saturated heterocycles. The molecule has 0 aliphatic carbocycles. The topological polar surface area (TPSA) is 147 Å². The number of anilines is 2. The van der Waals surface area contributed by atoms with E-state index in [1.165, 1.54) is 5.56 Å². The van der Waals surface area contributed by atoms with Crippen LogP contribution >= 0.6 is 0 Å². The van der Waals surface area contributed by atoms with Gasteiger partial charge in [0.05, 0.1) is 16.6 Å². The number of rotatable bonds is 4. The van der Waals surface area contributed by atoms with E-state index in [0.29, 0.717) is 12.5 Å². The van der Waals surface area contributed by atoms with E-state index in [2.05, 4.69) is 58.4 Å². The van der Waals surface area contributed by atoms with Crippen LogP contribution in [0.3, 0.4) is 0 Å². The number of aryl methyl sites for hydroxylation is 1. The van der Waals surface area contributed by atoms with Crippen molar-refractivity contribution < 1.29 is 0 Å². The number of H-pyrrole nitrogens is 2. The predicted octanol–water partition coefficient (Wildman–Crippen LogP) is 2.44. The van der Waals surface area contributed by atoms with E-state index in [9.17, 15) is 4.79 Å². The third-order valence-corrected chi connectivity index (χ3v) is 6.56. The first-order valence-electron chi connectivity index (χ1n) is 11.4. The van der Waals surface area contributed by atoms with Crippen LogP contribution in [-0.4, -0.2) is 52.5 Å². The molecule has 4 N–H and O–H groups in total. The number of hydrogen-bond acceptors (Lipinski definition) is 8. The van der Waals surface area contributed by atoms with Crippen molar-refractivity contribution in [3.8, 4) is 11.4 Å². The molecule has 5 aromatic rings. The zero-order chi connectivity index (χ0) is 23.2. The molecule has 0 amide bonds. The first kappa shape index (κ1) is 20.3. The molecule has 5 heterocycles. The lowest BCUT2D eigenvalue weighted by Crippen LogP contribution is -2.33. The normalized spacial score (nSPS) is 14.9. The molecule has 0 radical (unpaired) electrons. The average Bonchev–Trinajstić information content (AvgIpc) is 3.43. The Labute approximate surface area is 194 Å². The standard InChI is InChI=1S/C23H24N10O/c1-2-33-19(15-10-25-22(24)26-11-15)31-18-20(27-12-28-21(18)33)32-7-5-13(6-8-32)14-3-4-16-17(9-14)30-23(34)29-16/h3-4,9-13H,2,5-8H2,1H3,(H2,24,25,26)(H2,29,30,34). The highest BCUT2D eigenvalue weighted by molar-refractivity contribution is 5.87. The van der Waals surface area contributed by atoms with E-state index >= 15 is 0 Å². The summed E-state index contributed by atoms with van der Waals surface area (Å²) in [4.78, 5) is 41.8. The molecule has 0 spiro atoms. The SMILES string of the molecule is CCn1c(-c2cnc(N)nc2)nc2c(N3CCC(c4ccc5[nH]c(=O)[nH]c5c4)CC3)ncnc21. The van der Waals surface area contributed by atoms with Crippen molar-refractivity contribution in [2.24, 2.45) is 0 Å². The van der Waals surface area contributed by atoms with Crippen molar-refractivity contribution in [3.05, 3.63) is 53.0 Å². The van der Waals surface area contributed by atoms with Gasteiger partial charge in [-0.05, 0) is 43.4 Å². The van der Waals surface area contributed by atoms with Crippen LogP contribution < -0.4 is 16.3 Å². The van der Waals surface area contributed by atoms with Crippen molar-refractivity contribution in [1.82, 2.24) is 39.5 Å². The summed E-state index contributed by atoms with van der Waals surface area (Å²) >= 11 is 0. The predicted molar refractivity (Wildman–Crippen MR) is 130 cm³/mol. The Kier molecular flexibility index (Phi) is 4.75. The second kappa shape index (κ2) is 7.94. The maximum absolute atomic E-state index is 11.6. The molecule has 6 rings (SSSR count). The van der Waals surface area contributed by atoms with Crippen molar-refractivity contribution in [2.45, 2.75) is 32.2 Å². The molecule has 34 heavy (non-hydrogen) atoms. The second-order valence-electron chi connectivity index (χ2n) is 8.52. The molecule has 1 aliphatic heterocycles. The third-order valence-electron chi connectivity index (χ3n) is 6.56. The number of nitrogens with one attached hydrogen (secondary N) is 2. The molecule has 172 valence electrons. The summed E-state index contributed by atoms with van der Waals surface area (Å²) in [6.45, 7) is 4.48. The second-order valence-corrected chi connectivity index (χ2v) is 8.52. The zero-order valence-corrected chi connectivity index (χ0v) is 18.7. The van der Waals surface area contributed by atoms with Crippen molar-refractivity contribution in [1.29, 1.82) is 0 Å². The van der Waals surface area contributed by atoms with Gasteiger partial charge in [-0.3, -0.25) is 0 Å². The van der Waals surface area contributed by atoms with E-state index in [-0.39, 0.29) is 11.6 Å². The number of aromatic amines is 2. The summed E-state index contributed by atoms with van der Waals surface area (Å²) in [5.41, 5.74) is 10.8. The van der Waals surface area contributed by atoms with Gasteiger partial charge in [0.2, 0.25) is 5.95 Å². The zero-order valence-electron chi connectivity index (χ0n) is 18.7. The van der Waals surface area contributed by atoms with Crippen LogP contribution in [0.2, 0.25) is 0 Å². The van der Waals surface area contributed by atoms with E-state index in [4.69, 9.17) is 10.7 Å². The molecular formula is C23H24N10O. The molecule has 11 heteroatoms. The first-order valence-corrected chi connectivity index (χ1v) is 11.4. The van der Waals surface area contributed by atoms with Crippen LogP contribution in [0.15, 0.2) is 41.7 Å². The number of fused-ring (bicyclic) bond motifs is 2. The Morgan fingerprint density at radius 1 is 1.06 bits per heavy atom. The van der Waals surface area contributed by atoms with Gasteiger partial charge in [-0.2, -0.15) is 0 Å². The summed E-state index contributed by atoms with van der Waals surface area (Å²) in [5.74, 6) is 2.25. The van der Waals surface area contributed by atoms with E-state index in [0.717, 1.165) is 65.3 Å². The highest BCUT2D eigenvalue weighted by Crippen LogP contribution is 2.34. The number of piperidine rings is 1. The maximum atomic E-state index is 11.6. The Bertz CT molecular complexity index is 1540. The number of nitrogen functional groups attached to an aromatic ring is 1. The highest BCUT2D eigenvalue weighted by atomic mass is 16.1. The van der Waals surface area contributed by atoms with Gasteiger partial charge in [-0.1, -0.05) is 6.07 Å². The van der Waals surface area contributed by atoms with Gasteiger partial charge < -0.3 is 25.2 Å². The van der Waals surface area contributed by atoms with Gasteiger partial charge in [0.1, 0.15) is 12.2 Å². The van der Waals surface area contributed by atoms with Gasteiger partial charge in [0, 0.05) is 32.0 Å². The summed E-state index contributed by atoms with van der Waals surface area (Å²) in [6.07, 6.45) is 6.94. The molecule has 11 nitrogen and oxygen atoms in total. The minimum Gasteiger partial charge on any atom is -0.368 e. The molecule has 1 fully saturated rings. The lowest BCUT2D eigenvalue weighted by Gasteiger charge is -2.33. The van der Waals surface area contributed by atoms with Gasteiger partial charge in [0.15, 0.2) is 17.0 Å². The quantitative estimate of drug-likeness (QED) is 0.374. The molecule has 1 aromatic carbocycles. The molecule has 1 aliphatic rings. The van der Waals surface area contributed by atoms with E-state index < -0.39 is 0 Å². The fourth-order valence-corrected chi connectivity index (χ4v) is 4.86. The Balaban J connectivity index is 1.29. The van der Waals surface area contributed by atoms with Crippen LogP contribution in [-0.2, 0) is 6.54 Å². The van der Waals surface area contributed by atoms with Gasteiger partial charge >= 0.3 is 5.69 Å². The summed E-state index contributed by atoms with van der Waals surface area (Å²) < 4.78 is 2.05. The number of nitrogens with zero attached hydrogens (tertiary/aromatic N) is 7. The number of hydrogen-bond donors (Lipinski definition) is 3. The van der Waals surface area contributed by atoms with Crippen LogP contribution in [0.4, 0.5) is 11.8 Å². The number of nitrogens with two attached hydrogens (primary N) is 1. The fraction of sp³-hybridized carbons (Fsp3) is 0.304. The molecule has 0 unspecified atom stereocenters. The molecular weight excluding hydrogens is 432 g/mol. The van der Waals surface area contributed by atoms with Gasteiger partial charge in [-0.25, -0.2) is 29.7 Å². The Morgan fingerprint density at radius 3 is 2.59 bits per heavy atom. The van der Waals surface area contributed by atoms with Crippen LogP contribution in [0.5, 0.6) is 0 Å². The van der Waals surface area contributed by atoms with Crippen molar-refractivity contribution >= 4 is 34.0 Å². The maximum Gasteiger partial charge on any atom is 0.323 e. The largest absolute Gasteiger partial charge is 0.368 e. The number of aromatic nitrogens is 8. The molecule has 0 saturated carbocycles. The minimum absolute atomic E-state index is 0.175. The summed E-state index contributed by atoms with van der Waals surface area (Å²) in [7, 11) is 0. The molecule has 4 aromatic heterocycles. The number of benzene rings is 1. The Hall–Kier alpha value is -4.28. The highest BCUT2D eigenvalue weighted by Gasteiger charge is 2.25. The van der Waals surface area contributed by atoms with Crippen LogP contribution in [0.25, 0.3) is 33.6 Å². The third kappa shape index (κ3) is 3.36. The van der Waals surface area contributed by atoms with Crippen LogP contribution in [0, 0.1) is 0 Å². The number of imidazole rings is 2.